The van der Waals surface area contributed by atoms with Crippen molar-refractivity contribution in [3.63, 3.8) is 0 Å². The minimum absolute atomic E-state index is 0.0766. The van der Waals surface area contributed by atoms with Gasteiger partial charge >= 0.3 is 0 Å². The van der Waals surface area contributed by atoms with Crippen LogP contribution in [-0.2, 0) is 0 Å². The third kappa shape index (κ3) is 2.32. The Balaban J connectivity index is 1.62. The zero-order chi connectivity index (χ0) is 17.5. The molecule has 5 heteroatoms. The van der Waals surface area contributed by atoms with Gasteiger partial charge in [0.05, 0.1) is 11.8 Å². The fourth-order valence-corrected chi connectivity index (χ4v) is 3.66. The van der Waals surface area contributed by atoms with Crippen LogP contribution in [-0.4, -0.2) is 20.8 Å². The SMILES string of the molecule is Oc1ccccc1C1=NN2[C@H](C1)c1ccccc1O[C@H]2c1ccncc1. The van der Waals surface area contributed by atoms with Crippen molar-refractivity contribution in [3.05, 3.63) is 89.7 Å². The Kier molecular flexibility index (Phi) is 3.38. The number of ether oxygens (including phenoxy) is 1. The normalized spacial score (nSPS) is 20.8. The van der Waals surface area contributed by atoms with Crippen LogP contribution in [0, 0.1) is 0 Å². The van der Waals surface area contributed by atoms with Crippen molar-refractivity contribution in [2.24, 2.45) is 5.10 Å². The van der Waals surface area contributed by atoms with E-state index in [-0.39, 0.29) is 18.0 Å². The lowest BCUT2D eigenvalue weighted by atomic mass is 9.96. The summed E-state index contributed by atoms with van der Waals surface area (Å²) in [6.07, 6.45) is 3.93. The number of hydrogen-bond donors (Lipinski definition) is 1. The summed E-state index contributed by atoms with van der Waals surface area (Å²) in [6.45, 7) is 0. The van der Waals surface area contributed by atoms with Crippen molar-refractivity contribution in [2.75, 3.05) is 0 Å². The lowest BCUT2D eigenvalue weighted by Crippen LogP contribution is -2.33. The average Bonchev–Trinajstić information content (AvgIpc) is 3.14. The van der Waals surface area contributed by atoms with E-state index in [2.05, 4.69) is 11.1 Å². The molecule has 1 aromatic heterocycles. The third-order valence-corrected chi connectivity index (χ3v) is 4.91. The molecule has 0 amide bonds. The van der Waals surface area contributed by atoms with Crippen LogP contribution in [0.4, 0.5) is 0 Å². The van der Waals surface area contributed by atoms with Gasteiger partial charge in [0.2, 0.25) is 6.23 Å². The molecule has 0 radical (unpaired) electrons. The van der Waals surface area contributed by atoms with Gasteiger partial charge in [0, 0.05) is 35.5 Å². The molecule has 0 saturated heterocycles. The Bertz CT molecular complexity index is 987. The van der Waals surface area contributed by atoms with Gasteiger partial charge in [-0.25, -0.2) is 5.01 Å². The van der Waals surface area contributed by atoms with E-state index >= 15 is 0 Å². The summed E-state index contributed by atoms with van der Waals surface area (Å²) in [5, 5.41) is 17.1. The molecule has 2 aliphatic heterocycles. The number of nitrogens with zero attached hydrogens (tertiary/aromatic N) is 3. The topological polar surface area (TPSA) is 58.0 Å². The molecule has 0 bridgehead atoms. The van der Waals surface area contributed by atoms with Gasteiger partial charge in [0.1, 0.15) is 11.5 Å². The second-order valence-corrected chi connectivity index (χ2v) is 6.45. The van der Waals surface area contributed by atoms with Crippen LogP contribution in [0.3, 0.4) is 0 Å². The van der Waals surface area contributed by atoms with Crippen LogP contribution in [0.25, 0.3) is 0 Å². The van der Waals surface area contributed by atoms with Crippen molar-refractivity contribution in [3.8, 4) is 11.5 Å². The number of phenols is 1. The first-order chi connectivity index (χ1) is 12.8. The molecule has 0 unspecified atom stereocenters. The lowest BCUT2D eigenvalue weighted by molar-refractivity contribution is -0.0190. The van der Waals surface area contributed by atoms with Gasteiger partial charge in [-0.3, -0.25) is 4.98 Å². The summed E-state index contributed by atoms with van der Waals surface area (Å²) in [6, 6.07) is 19.4. The van der Waals surface area contributed by atoms with Gasteiger partial charge in [-0.2, -0.15) is 5.10 Å². The van der Waals surface area contributed by atoms with Crippen molar-refractivity contribution in [1.29, 1.82) is 0 Å². The van der Waals surface area contributed by atoms with Gasteiger partial charge in [0.25, 0.3) is 0 Å². The molecule has 1 N–H and O–H groups in total. The number of fused-ring (bicyclic) bond motifs is 3. The van der Waals surface area contributed by atoms with Crippen molar-refractivity contribution in [2.45, 2.75) is 18.7 Å². The molecule has 5 nitrogen and oxygen atoms in total. The highest BCUT2D eigenvalue weighted by molar-refractivity contribution is 6.04. The van der Waals surface area contributed by atoms with E-state index in [0.717, 1.165) is 34.6 Å². The Morgan fingerprint density at radius 2 is 1.73 bits per heavy atom. The van der Waals surface area contributed by atoms with E-state index < -0.39 is 0 Å². The maximum absolute atomic E-state index is 10.2. The van der Waals surface area contributed by atoms with Crippen LogP contribution in [0.15, 0.2) is 78.2 Å². The Hall–Kier alpha value is -3.34. The predicted molar refractivity (Wildman–Crippen MR) is 97.9 cm³/mol. The largest absolute Gasteiger partial charge is 0.507 e. The van der Waals surface area contributed by atoms with Crippen molar-refractivity contribution < 1.29 is 9.84 Å². The summed E-state index contributed by atoms with van der Waals surface area (Å²) in [5.74, 6) is 1.13. The first kappa shape index (κ1) is 15.0. The zero-order valence-corrected chi connectivity index (χ0v) is 14.0. The van der Waals surface area contributed by atoms with Crippen LogP contribution >= 0.6 is 0 Å². The molecule has 2 aliphatic rings. The number of pyridine rings is 1. The molecular formula is C21H17N3O2. The lowest BCUT2D eigenvalue weighted by Gasteiger charge is -2.38. The van der Waals surface area contributed by atoms with Crippen LogP contribution in [0.1, 0.15) is 35.4 Å². The van der Waals surface area contributed by atoms with Crippen molar-refractivity contribution in [1.82, 2.24) is 9.99 Å². The number of para-hydroxylation sites is 2. The summed E-state index contributed by atoms with van der Waals surface area (Å²) in [7, 11) is 0. The monoisotopic (exact) mass is 343 g/mol. The van der Waals surface area contributed by atoms with Gasteiger partial charge in [0.15, 0.2) is 0 Å². The summed E-state index contributed by atoms with van der Waals surface area (Å²) in [5.41, 5.74) is 3.76. The van der Waals surface area contributed by atoms with Crippen molar-refractivity contribution >= 4 is 5.71 Å². The molecule has 2 atom stereocenters. The average molecular weight is 343 g/mol. The molecule has 0 fully saturated rings. The molecule has 0 aliphatic carbocycles. The van der Waals surface area contributed by atoms with Crippen LogP contribution < -0.4 is 4.74 Å². The van der Waals surface area contributed by atoms with E-state index in [0.29, 0.717) is 0 Å². The molecular weight excluding hydrogens is 326 g/mol. The number of hydrazone groups is 1. The molecule has 26 heavy (non-hydrogen) atoms. The minimum Gasteiger partial charge on any atom is -0.507 e. The highest BCUT2D eigenvalue weighted by atomic mass is 16.5. The molecule has 5 rings (SSSR count). The minimum atomic E-state index is -0.318. The molecule has 3 aromatic rings. The molecule has 3 heterocycles. The first-order valence-corrected chi connectivity index (χ1v) is 8.61. The number of aromatic nitrogens is 1. The fourth-order valence-electron chi connectivity index (χ4n) is 3.66. The number of phenolic OH excluding ortho intramolecular Hbond substituents is 1. The second-order valence-electron chi connectivity index (χ2n) is 6.45. The summed E-state index contributed by atoms with van der Waals surface area (Å²) >= 11 is 0. The predicted octanol–water partition coefficient (Wildman–Crippen LogP) is 4.03. The number of rotatable bonds is 2. The quantitative estimate of drug-likeness (QED) is 0.763. The van der Waals surface area contributed by atoms with Gasteiger partial charge in [-0.05, 0) is 30.3 Å². The highest BCUT2D eigenvalue weighted by Gasteiger charge is 2.41. The Labute approximate surface area is 151 Å². The van der Waals surface area contributed by atoms with E-state index in [4.69, 9.17) is 9.84 Å². The standard InChI is InChI=1S/C21H17N3O2/c25-19-7-3-1-5-15(19)17-13-18-16-6-2-4-8-20(16)26-21(24(18)23-17)14-9-11-22-12-10-14/h1-12,18,21,25H,13H2/t18-,21+/m1/s1. The Morgan fingerprint density at radius 3 is 2.58 bits per heavy atom. The van der Waals surface area contributed by atoms with E-state index in [1.54, 1.807) is 18.5 Å². The molecule has 0 saturated carbocycles. The fraction of sp³-hybridized carbons (Fsp3) is 0.143. The van der Waals surface area contributed by atoms with E-state index in [1.807, 2.05) is 53.5 Å². The number of hydrogen-bond acceptors (Lipinski definition) is 5. The second kappa shape index (κ2) is 5.88. The van der Waals surface area contributed by atoms with E-state index in [9.17, 15) is 5.11 Å². The van der Waals surface area contributed by atoms with E-state index in [1.165, 1.54) is 0 Å². The van der Waals surface area contributed by atoms with Gasteiger partial charge < -0.3 is 9.84 Å². The summed E-state index contributed by atoms with van der Waals surface area (Å²) in [4.78, 5) is 4.10. The van der Waals surface area contributed by atoms with Crippen LogP contribution in [0.5, 0.6) is 11.5 Å². The first-order valence-electron chi connectivity index (χ1n) is 8.61. The Morgan fingerprint density at radius 1 is 0.962 bits per heavy atom. The highest BCUT2D eigenvalue weighted by Crippen LogP contribution is 2.47. The maximum atomic E-state index is 10.2. The molecule has 2 aromatic carbocycles. The maximum Gasteiger partial charge on any atom is 0.213 e. The summed E-state index contributed by atoms with van der Waals surface area (Å²) < 4.78 is 6.27. The van der Waals surface area contributed by atoms with Crippen LogP contribution in [0.2, 0.25) is 0 Å². The zero-order valence-electron chi connectivity index (χ0n) is 14.0. The van der Waals surface area contributed by atoms with Gasteiger partial charge in [-0.15, -0.1) is 0 Å². The third-order valence-electron chi connectivity index (χ3n) is 4.91. The number of benzene rings is 2. The molecule has 128 valence electrons. The molecule has 0 spiro atoms. The van der Waals surface area contributed by atoms with Gasteiger partial charge in [-0.1, -0.05) is 30.3 Å². The number of aromatic hydroxyl groups is 1. The smallest absolute Gasteiger partial charge is 0.213 e.